The smallest absolute Gasteiger partial charge is 0.251 e. The van der Waals surface area contributed by atoms with Crippen LogP contribution in [-0.2, 0) is 19.6 Å². The first-order valence-electron chi connectivity index (χ1n) is 7.96. The number of rotatable bonds is 8. The van der Waals surface area contributed by atoms with Crippen LogP contribution in [0, 0.1) is 5.92 Å². The zero-order chi connectivity index (χ0) is 19.9. The molecule has 144 valence electrons. The predicted octanol–water partition coefficient (Wildman–Crippen LogP) is -0.659. The molecule has 0 radical (unpaired) electrons. The van der Waals surface area contributed by atoms with Gasteiger partial charge in [0.2, 0.25) is 21.8 Å². The highest BCUT2D eigenvalue weighted by Gasteiger charge is 2.23. The number of sulfonamides is 1. The van der Waals surface area contributed by atoms with Crippen LogP contribution in [0.3, 0.4) is 0 Å². The van der Waals surface area contributed by atoms with Crippen LogP contribution in [0.2, 0.25) is 0 Å². The lowest BCUT2D eigenvalue weighted by Gasteiger charge is -2.20. The highest BCUT2D eigenvalue weighted by atomic mass is 32.2. The van der Waals surface area contributed by atoms with Gasteiger partial charge in [0, 0.05) is 12.6 Å². The maximum atomic E-state index is 12.3. The maximum Gasteiger partial charge on any atom is 0.251 e. The van der Waals surface area contributed by atoms with E-state index in [-0.39, 0.29) is 28.8 Å². The maximum absolute atomic E-state index is 12.3. The minimum Gasteiger partial charge on any atom is -0.358 e. The molecule has 1 atom stereocenters. The fourth-order valence-corrected chi connectivity index (χ4v) is 2.63. The van der Waals surface area contributed by atoms with E-state index in [9.17, 15) is 22.8 Å². The molecule has 0 heterocycles. The molecule has 0 bridgehead atoms. The average Bonchev–Trinajstić information content (AvgIpc) is 2.57. The van der Waals surface area contributed by atoms with Gasteiger partial charge in [0.15, 0.2) is 0 Å². The average molecular weight is 384 g/mol. The largest absolute Gasteiger partial charge is 0.358 e. The molecule has 26 heavy (non-hydrogen) atoms. The van der Waals surface area contributed by atoms with Crippen molar-refractivity contribution >= 4 is 27.7 Å². The molecule has 1 aromatic rings. The molecular weight excluding hydrogens is 360 g/mol. The van der Waals surface area contributed by atoms with E-state index in [0.717, 1.165) is 0 Å². The molecule has 5 N–H and O–H groups in total. The van der Waals surface area contributed by atoms with E-state index in [1.165, 1.54) is 31.3 Å². The normalized spacial score (nSPS) is 12.3. The van der Waals surface area contributed by atoms with Crippen molar-refractivity contribution in [1.82, 2.24) is 16.0 Å². The Morgan fingerprint density at radius 1 is 1.12 bits per heavy atom. The van der Waals surface area contributed by atoms with Crippen molar-refractivity contribution in [3.63, 3.8) is 0 Å². The topological polar surface area (TPSA) is 147 Å². The van der Waals surface area contributed by atoms with Gasteiger partial charge in [-0.25, -0.2) is 13.6 Å². The van der Waals surface area contributed by atoms with E-state index in [0.29, 0.717) is 6.42 Å². The standard InChI is InChI=1S/C16H24N4O5S/c1-10(2)8-13(16(23)19-9-14(21)18-3)20-15(22)11-4-6-12(7-5-11)26(17,24)25/h4-7,10,13H,8-9H2,1-3H3,(H,18,21)(H,19,23)(H,20,22)(H2,17,24,25)/t13-/m0/s1. The summed E-state index contributed by atoms with van der Waals surface area (Å²) in [6, 6.07) is 4.22. The molecule has 0 unspecified atom stereocenters. The Kier molecular flexibility index (Phi) is 7.72. The number of carbonyl (C=O) groups excluding carboxylic acids is 3. The van der Waals surface area contributed by atoms with Crippen LogP contribution in [0.5, 0.6) is 0 Å². The number of likely N-dealkylation sites (N-methyl/N-ethyl adjacent to an activating group) is 1. The van der Waals surface area contributed by atoms with Crippen LogP contribution in [0.4, 0.5) is 0 Å². The second-order valence-electron chi connectivity index (χ2n) is 6.12. The van der Waals surface area contributed by atoms with Crippen LogP contribution < -0.4 is 21.1 Å². The van der Waals surface area contributed by atoms with Gasteiger partial charge in [-0.15, -0.1) is 0 Å². The molecular formula is C16H24N4O5S. The third-order valence-electron chi connectivity index (χ3n) is 3.48. The van der Waals surface area contributed by atoms with Crippen LogP contribution in [-0.4, -0.2) is 45.8 Å². The summed E-state index contributed by atoms with van der Waals surface area (Å²) in [4.78, 5) is 35.7. The van der Waals surface area contributed by atoms with Crippen molar-refractivity contribution in [1.29, 1.82) is 0 Å². The lowest BCUT2D eigenvalue weighted by Crippen LogP contribution is -2.49. The minimum atomic E-state index is -3.85. The Balaban J connectivity index is 2.84. The Hall–Kier alpha value is -2.46. The van der Waals surface area contributed by atoms with E-state index in [2.05, 4.69) is 16.0 Å². The van der Waals surface area contributed by atoms with Gasteiger partial charge in [0.25, 0.3) is 5.91 Å². The summed E-state index contributed by atoms with van der Waals surface area (Å²) in [6.07, 6.45) is 0.376. The van der Waals surface area contributed by atoms with Gasteiger partial charge in [-0.2, -0.15) is 0 Å². The Morgan fingerprint density at radius 2 is 1.69 bits per heavy atom. The van der Waals surface area contributed by atoms with Gasteiger partial charge in [-0.3, -0.25) is 14.4 Å². The first-order chi connectivity index (χ1) is 12.0. The molecule has 9 nitrogen and oxygen atoms in total. The highest BCUT2D eigenvalue weighted by molar-refractivity contribution is 7.89. The number of amides is 3. The summed E-state index contributed by atoms with van der Waals surface area (Å²) >= 11 is 0. The molecule has 0 aromatic heterocycles. The molecule has 1 aromatic carbocycles. The molecule has 0 aliphatic heterocycles. The fraction of sp³-hybridized carbons (Fsp3) is 0.438. The summed E-state index contributed by atoms with van der Waals surface area (Å²) in [6.45, 7) is 3.60. The number of benzene rings is 1. The summed E-state index contributed by atoms with van der Waals surface area (Å²) in [5, 5.41) is 12.5. The van der Waals surface area contributed by atoms with E-state index in [4.69, 9.17) is 5.14 Å². The second kappa shape index (κ2) is 9.30. The zero-order valence-electron chi connectivity index (χ0n) is 14.9. The van der Waals surface area contributed by atoms with Crippen molar-refractivity contribution in [3.8, 4) is 0 Å². The van der Waals surface area contributed by atoms with Crippen LogP contribution >= 0.6 is 0 Å². The van der Waals surface area contributed by atoms with Crippen LogP contribution in [0.1, 0.15) is 30.6 Å². The van der Waals surface area contributed by atoms with Gasteiger partial charge in [-0.05, 0) is 36.6 Å². The zero-order valence-corrected chi connectivity index (χ0v) is 15.7. The molecule has 10 heteroatoms. The number of carbonyl (C=O) groups is 3. The van der Waals surface area contributed by atoms with Gasteiger partial charge in [0.1, 0.15) is 6.04 Å². The SMILES string of the molecule is CNC(=O)CNC(=O)[C@H](CC(C)C)NC(=O)c1ccc(S(N)(=O)=O)cc1. The van der Waals surface area contributed by atoms with Gasteiger partial charge >= 0.3 is 0 Å². The minimum absolute atomic E-state index is 0.115. The fourth-order valence-electron chi connectivity index (χ4n) is 2.12. The summed E-state index contributed by atoms with van der Waals surface area (Å²) in [5.41, 5.74) is 0.185. The second-order valence-corrected chi connectivity index (χ2v) is 7.68. The van der Waals surface area contributed by atoms with Crippen molar-refractivity contribution in [3.05, 3.63) is 29.8 Å². The van der Waals surface area contributed by atoms with Gasteiger partial charge in [0.05, 0.1) is 11.4 Å². The van der Waals surface area contributed by atoms with Crippen molar-refractivity contribution < 1.29 is 22.8 Å². The molecule has 3 amide bonds. The molecule has 0 spiro atoms. The van der Waals surface area contributed by atoms with Crippen molar-refractivity contribution in [2.75, 3.05) is 13.6 Å². The summed E-state index contributed by atoms with van der Waals surface area (Å²) in [5.74, 6) is -1.24. The van der Waals surface area contributed by atoms with Gasteiger partial charge < -0.3 is 16.0 Å². The number of nitrogens with one attached hydrogen (secondary N) is 3. The van der Waals surface area contributed by atoms with E-state index in [1.807, 2.05) is 13.8 Å². The first kappa shape index (κ1) is 21.6. The number of nitrogens with two attached hydrogens (primary N) is 1. The number of hydrogen-bond acceptors (Lipinski definition) is 5. The van der Waals surface area contributed by atoms with Crippen LogP contribution in [0.25, 0.3) is 0 Å². The first-order valence-corrected chi connectivity index (χ1v) is 9.51. The highest BCUT2D eigenvalue weighted by Crippen LogP contribution is 2.10. The number of hydrogen-bond donors (Lipinski definition) is 4. The third-order valence-corrected chi connectivity index (χ3v) is 4.41. The molecule has 0 aliphatic carbocycles. The third kappa shape index (κ3) is 6.81. The van der Waals surface area contributed by atoms with E-state index < -0.39 is 27.9 Å². The predicted molar refractivity (Wildman–Crippen MR) is 95.6 cm³/mol. The summed E-state index contributed by atoms with van der Waals surface area (Å²) < 4.78 is 22.5. The molecule has 0 aliphatic rings. The molecule has 0 fully saturated rings. The monoisotopic (exact) mass is 384 g/mol. The van der Waals surface area contributed by atoms with Gasteiger partial charge in [-0.1, -0.05) is 13.8 Å². The van der Waals surface area contributed by atoms with E-state index >= 15 is 0 Å². The van der Waals surface area contributed by atoms with Crippen molar-refractivity contribution in [2.45, 2.75) is 31.2 Å². The lowest BCUT2D eigenvalue weighted by atomic mass is 10.0. The van der Waals surface area contributed by atoms with Crippen LogP contribution in [0.15, 0.2) is 29.2 Å². The Labute approximate surface area is 152 Å². The van der Waals surface area contributed by atoms with Crippen molar-refractivity contribution in [2.24, 2.45) is 11.1 Å². The Morgan fingerprint density at radius 3 is 2.15 bits per heavy atom. The molecule has 1 rings (SSSR count). The molecule has 0 saturated carbocycles. The Bertz CT molecular complexity index is 759. The molecule has 0 saturated heterocycles. The van der Waals surface area contributed by atoms with E-state index in [1.54, 1.807) is 0 Å². The quantitative estimate of drug-likeness (QED) is 0.470. The number of primary sulfonamides is 1. The lowest BCUT2D eigenvalue weighted by molar-refractivity contribution is -0.127. The summed E-state index contributed by atoms with van der Waals surface area (Å²) in [7, 11) is -2.40.